The Labute approximate surface area is 109 Å². The van der Waals surface area contributed by atoms with Gasteiger partial charge in [-0.15, -0.1) is 9.24 Å². The Morgan fingerprint density at radius 1 is 1.31 bits per heavy atom. The minimum Gasteiger partial charge on any atom is -0.105 e. The first kappa shape index (κ1) is 14.8. The molecule has 0 fully saturated rings. The summed E-state index contributed by atoms with van der Waals surface area (Å²) in [5.74, 6) is 1.26. The second kappa shape index (κ2) is 6.61. The first-order chi connectivity index (χ1) is 7.44. The summed E-state index contributed by atoms with van der Waals surface area (Å²) in [6.07, 6.45) is 2.58. The van der Waals surface area contributed by atoms with Crippen LogP contribution in [0.25, 0.3) is 0 Å². The average Bonchev–Trinajstić information content (AvgIpc) is 2.16. The maximum Gasteiger partial charge on any atom is 0.000605 e. The lowest BCUT2D eigenvalue weighted by atomic mass is 10.4. The van der Waals surface area contributed by atoms with Gasteiger partial charge in [0, 0.05) is 5.90 Å². The molecule has 0 saturated carbocycles. The molecule has 4 heteroatoms. The molecule has 0 N–H and O–H groups in total. The summed E-state index contributed by atoms with van der Waals surface area (Å²) in [4.78, 5) is 0. The first-order valence-electron chi connectivity index (χ1n) is 5.57. The summed E-state index contributed by atoms with van der Waals surface area (Å²) in [7, 11) is 2.83. The molecule has 0 aromatic heterocycles. The molecular weight excluding hydrogens is 269 g/mol. The van der Waals surface area contributed by atoms with Gasteiger partial charge in [0.15, 0.2) is 0 Å². The Bertz CT molecular complexity index is 384. The van der Waals surface area contributed by atoms with Crippen molar-refractivity contribution >= 4 is 45.6 Å². The SMILES string of the molecule is CCCP(CP(C)(C)=S)c1ccccc1P. The molecule has 0 radical (unpaired) electrons. The molecule has 0 nitrogen and oxygen atoms in total. The van der Waals surface area contributed by atoms with Crippen molar-refractivity contribution in [3.05, 3.63) is 24.3 Å². The van der Waals surface area contributed by atoms with Crippen molar-refractivity contribution in [2.45, 2.75) is 13.3 Å². The van der Waals surface area contributed by atoms with Crippen LogP contribution in [0, 0.1) is 0 Å². The zero-order valence-electron chi connectivity index (χ0n) is 10.3. The molecule has 0 saturated heterocycles. The Hall–Kier alpha value is 0.730. The van der Waals surface area contributed by atoms with Crippen molar-refractivity contribution < 1.29 is 0 Å². The molecular formula is C12H21P3S. The molecule has 90 valence electrons. The van der Waals surface area contributed by atoms with Gasteiger partial charge in [-0.1, -0.05) is 57.3 Å². The van der Waals surface area contributed by atoms with Gasteiger partial charge in [-0.25, -0.2) is 0 Å². The standard InChI is InChI=1S/C12H21P3S/c1-4-9-14(10-15(2,3)16)12-8-6-5-7-11(12)13/h5-8H,4,9-10,13H2,1-3H3. The van der Waals surface area contributed by atoms with E-state index in [9.17, 15) is 0 Å². The van der Waals surface area contributed by atoms with Crippen molar-refractivity contribution in [3.8, 4) is 0 Å². The lowest BCUT2D eigenvalue weighted by molar-refractivity contribution is 1.10. The molecule has 1 aromatic carbocycles. The quantitative estimate of drug-likeness (QED) is 0.749. The second-order valence-corrected chi connectivity index (χ2v) is 14.4. The highest BCUT2D eigenvalue weighted by atomic mass is 32.4. The monoisotopic (exact) mass is 290 g/mol. The van der Waals surface area contributed by atoms with Crippen molar-refractivity contribution in [2.75, 3.05) is 25.4 Å². The second-order valence-electron chi connectivity index (χ2n) is 4.54. The van der Waals surface area contributed by atoms with Gasteiger partial charge in [0.1, 0.15) is 0 Å². The third-order valence-electron chi connectivity index (χ3n) is 2.28. The summed E-state index contributed by atoms with van der Waals surface area (Å²) < 4.78 is 0. The number of hydrogen-bond acceptors (Lipinski definition) is 1. The largest absolute Gasteiger partial charge is 0.105 e. The number of hydrogen-bond donors (Lipinski definition) is 0. The van der Waals surface area contributed by atoms with Gasteiger partial charge in [0.2, 0.25) is 0 Å². The first-order valence-corrected chi connectivity index (χ1v) is 11.7. The fourth-order valence-corrected chi connectivity index (χ4v) is 9.71. The molecule has 1 rings (SSSR count). The lowest BCUT2D eigenvalue weighted by Gasteiger charge is -2.23. The van der Waals surface area contributed by atoms with Gasteiger partial charge in [0.05, 0.1) is 0 Å². The lowest BCUT2D eigenvalue weighted by Crippen LogP contribution is -2.18. The van der Waals surface area contributed by atoms with Crippen LogP contribution in [0.4, 0.5) is 0 Å². The molecule has 0 bridgehead atoms. The van der Waals surface area contributed by atoms with E-state index in [0.717, 1.165) is 0 Å². The van der Waals surface area contributed by atoms with E-state index in [1.54, 1.807) is 5.30 Å². The Balaban J connectivity index is 2.94. The van der Waals surface area contributed by atoms with E-state index in [4.69, 9.17) is 11.8 Å². The number of rotatable bonds is 5. The topological polar surface area (TPSA) is 0 Å². The van der Waals surface area contributed by atoms with E-state index >= 15 is 0 Å². The van der Waals surface area contributed by atoms with Crippen molar-refractivity contribution in [1.29, 1.82) is 0 Å². The zero-order chi connectivity index (χ0) is 12.2. The molecule has 1 aromatic rings. The van der Waals surface area contributed by atoms with Crippen LogP contribution in [0.5, 0.6) is 0 Å². The highest BCUT2D eigenvalue weighted by Gasteiger charge is 2.16. The van der Waals surface area contributed by atoms with Crippen molar-refractivity contribution in [3.63, 3.8) is 0 Å². The van der Waals surface area contributed by atoms with Crippen LogP contribution in [0.1, 0.15) is 13.3 Å². The third-order valence-corrected chi connectivity index (χ3v) is 10.2. The van der Waals surface area contributed by atoms with Gasteiger partial charge in [-0.05, 0) is 36.1 Å². The van der Waals surface area contributed by atoms with Crippen LogP contribution in [0.2, 0.25) is 0 Å². The summed E-state index contributed by atoms with van der Waals surface area (Å²) in [6.45, 7) is 6.83. The summed E-state index contributed by atoms with van der Waals surface area (Å²) in [6, 6.07) is 7.66. The van der Waals surface area contributed by atoms with Crippen molar-refractivity contribution in [2.24, 2.45) is 0 Å². The highest BCUT2D eigenvalue weighted by molar-refractivity contribution is 8.16. The zero-order valence-corrected chi connectivity index (χ0v) is 14.1. The molecule has 0 aliphatic rings. The smallest absolute Gasteiger partial charge is 0.000605 e. The summed E-state index contributed by atoms with van der Waals surface area (Å²) in [5.41, 5.74) is 0. The minimum atomic E-state index is -1.08. The van der Waals surface area contributed by atoms with Gasteiger partial charge in [0.25, 0.3) is 0 Å². The Morgan fingerprint density at radius 3 is 2.44 bits per heavy atom. The summed E-state index contributed by atoms with van der Waals surface area (Å²) >= 11 is 5.64. The van der Waals surface area contributed by atoms with E-state index in [1.165, 1.54) is 23.8 Å². The fourth-order valence-electron chi connectivity index (χ4n) is 1.72. The molecule has 0 aliphatic carbocycles. The molecule has 2 unspecified atom stereocenters. The van der Waals surface area contributed by atoms with Gasteiger partial charge in [-0.2, -0.15) is 0 Å². The molecule has 0 heterocycles. The maximum atomic E-state index is 5.64. The van der Waals surface area contributed by atoms with E-state index in [2.05, 4.69) is 53.8 Å². The normalized spacial score (nSPS) is 13.8. The van der Waals surface area contributed by atoms with E-state index in [1.807, 2.05) is 0 Å². The van der Waals surface area contributed by atoms with Crippen LogP contribution in [0.15, 0.2) is 24.3 Å². The van der Waals surface area contributed by atoms with E-state index in [-0.39, 0.29) is 7.92 Å². The third kappa shape index (κ3) is 4.93. The van der Waals surface area contributed by atoms with Crippen LogP contribution in [-0.4, -0.2) is 25.4 Å². The minimum absolute atomic E-state index is 0.0404. The highest BCUT2D eigenvalue weighted by Crippen LogP contribution is 2.51. The fraction of sp³-hybridized carbons (Fsp3) is 0.500. The van der Waals surface area contributed by atoms with Gasteiger partial charge >= 0.3 is 0 Å². The van der Waals surface area contributed by atoms with Crippen LogP contribution >= 0.6 is 23.2 Å². The van der Waals surface area contributed by atoms with Crippen molar-refractivity contribution in [1.82, 2.24) is 0 Å². The van der Waals surface area contributed by atoms with Crippen LogP contribution in [0.3, 0.4) is 0 Å². The molecule has 2 atom stereocenters. The Kier molecular flexibility index (Phi) is 6.11. The maximum absolute atomic E-state index is 5.64. The van der Waals surface area contributed by atoms with Gasteiger partial charge < -0.3 is 0 Å². The van der Waals surface area contributed by atoms with Gasteiger partial charge in [-0.3, -0.25) is 0 Å². The van der Waals surface area contributed by atoms with E-state index < -0.39 is 6.04 Å². The molecule has 16 heavy (non-hydrogen) atoms. The molecule has 0 aliphatic heterocycles. The van der Waals surface area contributed by atoms with Crippen LogP contribution < -0.4 is 10.6 Å². The predicted octanol–water partition coefficient (Wildman–Crippen LogP) is 3.40. The predicted molar refractivity (Wildman–Crippen MR) is 88.5 cm³/mol. The Morgan fingerprint density at radius 2 is 1.94 bits per heavy atom. The molecule has 0 spiro atoms. The van der Waals surface area contributed by atoms with E-state index in [0.29, 0.717) is 0 Å². The summed E-state index contributed by atoms with van der Waals surface area (Å²) in [5, 5.41) is 2.91. The number of benzene rings is 1. The average molecular weight is 290 g/mol. The molecule has 0 amide bonds. The van der Waals surface area contributed by atoms with Crippen LogP contribution in [-0.2, 0) is 11.8 Å².